The summed E-state index contributed by atoms with van der Waals surface area (Å²) in [5, 5.41) is 15.3. The van der Waals surface area contributed by atoms with Crippen LogP contribution < -0.4 is 16.4 Å². The van der Waals surface area contributed by atoms with Crippen LogP contribution in [0.1, 0.15) is 103 Å². The molecule has 3 saturated carbocycles. The summed E-state index contributed by atoms with van der Waals surface area (Å²) in [6, 6.07) is -0.551. The molecule has 266 valence electrons. The normalized spacial score (nSPS) is 29.2. The number of ether oxygens (including phenoxy) is 1. The molecule has 0 radical (unpaired) electrons. The van der Waals surface area contributed by atoms with Gasteiger partial charge in [0.25, 0.3) is 0 Å². The van der Waals surface area contributed by atoms with Crippen LogP contribution in [0.3, 0.4) is 0 Å². The maximum absolute atomic E-state index is 15.3. The van der Waals surface area contributed by atoms with Crippen LogP contribution >= 0.6 is 0 Å². The Balaban J connectivity index is 1.24. The largest absolute Gasteiger partial charge is 0.387 e. The van der Waals surface area contributed by atoms with E-state index in [1.807, 2.05) is 0 Å². The number of nitrogens with two attached hydrogens (primary N) is 1. The number of allylic oxidation sites excluding steroid dienone is 1. The number of carbonyl (C=O) groups is 1. The van der Waals surface area contributed by atoms with Crippen LogP contribution in [0, 0.1) is 34.5 Å². The monoisotopic (exact) mass is 658 g/mol. The number of piperidine rings is 1. The van der Waals surface area contributed by atoms with Crippen LogP contribution in [0.4, 0.5) is 4.39 Å². The third kappa shape index (κ3) is 9.45. The Morgan fingerprint density at radius 3 is 2.40 bits per heavy atom. The lowest BCUT2D eigenvalue weighted by molar-refractivity contribution is -0.125. The molecule has 0 spiro atoms. The van der Waals surface area contributed by atoms with E-state index in [9.17, 15) is 4.79 Å². The van der Waals surface area contributed by atoms with Crippen molar-refractivity contribution < 1.29 is 13.9 Å². The van der Waals surface area contributed by atoms with E-state index in [1.54, 1.807) is 14.0 Å². The average molecular weight is 658 g/mol. The first kappa shape index (κ1) is 36.4. The van der Waals surface area contributed by atoms with Gasteiger partial charge in [-0.2, -0.15) is 0 Å². The zero-order valence-corrected chi connectivity index (χ0v) is 29.4. The SMILES string of the molecule is COCCN1CCN(C2C(NC(=O)C(C(=N)N)C(C)N=C=C(F)CCC3(C4CCCC4)CCCCC3)CNCC2C2CCCC2)CC1. The number of nitrogens with one attached hydrogen (secondary N) is 3. The molecule has 9 nitrogen and oxygen atoms in total. The fourth-order valence-electron chi connectivity index (χ4n) is 10.2. The van der Waals surface area contributed by atoms with Crippen LogP contribution in [0.25, 0.3) is 0 Å². The van der Waals surface area contributed by atoms with Crippen molar-refractivity contribution in [1.29, 1.82) is 5.41 Å². The number of halogens is 1. The smallest absolute Gasteiger partial charge is 0.233 e. The van der Waals surface area contributed by atoms with E-state index in [0.29, 0.717) is 24.8 Å². The van der Waals surface area contributed by atoms with Crippen molar-refractivity contribution in [3.8, 4) is 0 Å². The van der Waals surface area contributed by atoms with Gasteiger partial charge in [0.05, 0.1) is 18.7 Å². The van der Waals surface area contributed by atoms with Crippen molar-refractivity contribution in [2.45, 2.75) is 121 Å². The molecule has 0 aromatic carbocycles. The molecule has 5 N–H and O–H groups in total. The van der Waals surface area contributed by atoms with Crippen LogP contribution in [0.15, 0.2) is 10.8 Å². The van der Waals surface area contributed by atoms with Crippen molar-refractivity contribution >= 4 is 17.6 Å². The summed E-state index contributed by atoms with van der Waals surface area (Å²) in [7, 11) is 1.75. The molecule has 3 aliphatic carbocycles. The number of aliphatic imine (C=N–C) groups is 1. The maximum Gasteiger partial charge on any atom is 0.233 e. The Labute approximate surface area is 283 Å². The molecule has 5 fully saturated rings. The van der Waals surface area contributed by atoms with Gasteiger partial charge in [-0.3, -0.25) is 20.0 Å². The Morgan fingerprint density at radius 2 is 1.74 bits per heavy atom. The summed E-state index contributed by atoms with van der Waals surface area (Å²) in [4.78, 5) is 23.3. The van der Waals surface area contributed by atoms with E-state index in [0.717, 1.165) is 58.2 Å². The lowest BCUT2D eigenvalue weighted by Crippen LogP contribution is -2.68. The molecular formula is C37H64FN7O2. The standard InChI is InChI=1S/C37H64FN7O2/c1-27(42-24-30(38)14-17-37(15-8-3-9-16-37)29-12-6-7-13-29)33(35(39)40)36(46)43-32-26-41-25-31(28-10-4-5-11-28)34(32)45-20-18-44(19-21-45)22-23-47-2/h27-29,31-34,41H,3-23,25-26H2,1-2H3,(H3,39,40)(H,43,46). The predicted molar refractivity (Wildman–Crippen MR) is 188 cm³/mol. The molecular weight excluding hydrogens is 593 g/mol. The fourth-order valence-corrected chi connectivity index (χ4v) is 10.2. The van der Waals surface area contributed by atoms with E-state index < -0.39 is 12.0 Å². The number of hydrogen-bond acceptors (Lipinski definition) is 7. The molecule has 5 atom stereocenters. The highest BCUT2D eigenvalue weighted by Crippen LogP contribution is 2.52. The van der Waals surface area contributed by atoms with Gasteiger partial charge >= 0.3 is 0 Å². The highest BCUT2D eigenvalue weighted by molar-refractivity contribution is 6.01. The fraction of sp³-hybridized carbons (Fsp3) is 0.892. The topological polar surface area (TPSA) is 119 Å². The average Bonchev–Trinajstić information content (AvgIpc) is 3.82. The summed E-state index contributed by atoms with van der Waals surface area (Å²) in [5.41, 5.74) is 6.31. The second kappa shape index (κ2) is 17.7. The third-order valence-corrected chi connectivity index (χ3v) is 12.8. The van der Waals surface area contributed by atoms with Gasteiger partial charge in [-0.25, -0.2) is 9.38 Å². The van der Waals surface area contributed by atoms with Gasteiger partial charge in [-0.15, -0.1) is 0 Å². The van der Waals surface area contributed by atoms with Gasteiger partial charge in [0.2, 0.25) is 5.91 Å². The van der Waals surface area contributed by atoms with Crippen molar-refractivity contribution in [2.75, 3.05) is 59.5 Å². The molecule has 2 saturated heterocycles. The Morgan fingerprint density at radius 1 is 1.06 bits per heavy atom. The van der Waals surface area contributed by atoms with Crippen molar-refractivity contribution in [1.82, 2.24) is 20.4 Å². The zero-order valence-electron chi connectivity index (χ0n) is 29.4. The van der Waals surface area contributed by atoms with Crippen molar-refractivity contribution in [3.05, 3.63) is 5.83 Å². The summed E-state index contributed by atoms with van der Waals surface area (Å²) in [5.74, 6) is 2.66. The molecule has 0 aromatic rings. The molecule has 47 heavy (non-hydrogen) atoms. The van der Waals surface area contributed by atoms with E-state index in [1.165, 1.54) is 83.5 Å². The summed E-state index contributed by atoms with van der Waals surface area (Å²) >= 11 is 0. The van der Waals surface area contributed by atoms with Crippen molar-refractivity contribution in [3.63, 3.8) is 0 Å². The van der Waals surface area contributed by atoms with Crippen LogP contribution in [0.2, 0.25) is 0 Å². The quantitative estimate of drug-likeness (QED) is 0.156. The summed E-state index contributed by atoms with van der Waals surface area (Å²) < 4.78 is 20.6. The maximum atomic E-state index is 15.3. The first-order valence-electron chi connectivity index (χ1n) is 19.1. The molecule has 2 heterocycles. The number of nitrogens with zero attached hydrogens (tertiary/aromatic N) is 3. The van der Waals surface area contributed by atoms with Gasteiger partial charge < -0.3 is 21.1 Å². The molecule has 1 amide bonds. The lowest BCUT2D eigenvalue weighted by Gasteiger charge is -2.50. The molecule has 0 bridgehead atoms. The minimum atomic E-state index is -0.961. The minimum Gasteiger partial charge on any atom is -0.387 e. The van der Waals surface area contributed by atoms with Crippen LogP contribution in [-0.2, 0) is 9.53 Å². The van der Waals surface area contributed by atoms with Gasteiger partial charge in [0.15, 0.2) is 5.83 Å². The van der Waals surface area contributed by atoms with Crippen molar-refractivity contribution in [2.24, 2.45) is 39.8 Å². The van der Waals surface area contributed by atoms with E-state index in [2.05, 4.69) is 31.3 Å². The Bertz CT molecular complexity index is 1070. The first-order valence-corrected chi connectivity index (χ1v) is 19.1. The Kier molecular flexibility index (Phi) is 13.7. The van der Waals surface area contributed by atoms with E-state index in [-0.39, 0.29) is 35.1 Å². The number of hydrogen-bond donors (Lipinski definition) is 4. The second-order valence-electron chi connectivity index (χ2n) is 15.6. The minimum absolute atomic E-state index is 0.0973. The number of piperazine rings is 1. The van der Waals surface area contributed by atoms with Gasteiger partial charge in [-0.1, -0.05) is 57.8 Å². The molecule has 10 heteroatoms. The highest BCUT2D eigenvalue weighted by atomic mass is 19.1. The summed E-state index contributed by atoms with van der Waals surface area (Å²) in [6.07, 6.45) is 17.7. The first-order chi connectivity index (χ1) is 22.8. The third-order valence-electron chi connectivity index (χ3n) is 12.8. The number of amides is 1. The predicted octanol–water partition coefficient (Wildman–Crippen LogP) is 4.90. The molecule has 0 aromatic heterocycles. The summed E-state index contributed by atoms with van der Waals surface area (Å²) in [6.45, 7) is 9.00. The van der Waals surface area contributed by atoms with Gasteiger partial charge in [0, 0.05) is 64.7 Å². The molecule has 5 aliphatic rings. The molecule has 5 rings (SSSR count). The number of carbonyl (C=O) groups excluding carboxylic acids is 1. The second-order valence-corrected chi connectivity index (χ2v) is 15.6. The van der Waals surface area contributed by atoms with Crippen LogP contribution in [0.5, 0.6) is 0 Å². The van der Waals surface area contributed by atoms with E-state index in [4.69, 9.17) is 15.9 Å². The van der Waals surface area contributed by atoms with Crippen LogP contribution in [-0.4, -0.2) is 105 Å². The van der Waals surface area contributed by atoms with E-state index >= 15 is 4.39 Å². The van der Waals surface area contributed by atoms with Gasteiger partial charge in [0.1, 0.15) is 11.8 Å². The molecule has 5 unspecified atom stereocenters. The lowest BCUT2D eigenvalue weighted by atomic mass is 9.63. The van der Waals surface area contributed by atoms with Gasteiger partial charge in [-0.05, 0) is 68.7 Å². The highest BCUT2D eigenvalue weighted by Gasteiger charge is 2.44. The number of methoxy groups -OCH3 is 1. The Hall–Kier alpha value is -1.84. The number of amidine groups is 1. The number of rotatable bonds is 14. The zero-order chi connectivity index (χ0) is 33.2. The molecule has 2 aliphatic heterocycles.